The molecule has 0 saturated heterocycles. The fraction of sp³-hybridized carbons (Fsp3) is 0.429. The van der Waals surface area contributed by atoms with Gasteiger partial charge in [0, 0.05) is 11.9 Å². The Labute approximate surface area is 186 Å². The van der Waals surface area contributed by atoms with Crippen LogP contribution < -0.4 is 16.0 Å². The number of oxime groups is 1. The molecule has 0 spiro atoms. The van der Waals surface area contributed by atoms with Crippen LogP contribution in [0, 0.1) is 0 Å². The first-order valence-corrected chi connectivity index (χ1v) is 10.6. The Kier molecular flexibility index (Phi) is 7.90. The number of nitrogens with zero attached hydrogens (tertiary/aromatic N) is 4. The van der Waals surface area contributed by atoms with E-state index < -0.39 is 11.9 Å². The average molecular weight is 441 g/mol. The van der Waals surface area contributed by atoms with Crippen molar-refractivity contribution >= 4 is 29.5 Å². The van der Waals surface area contributed by atoms with Gasteiger partial charge in [0.1, 0.15) is 24.0 Å². The number of nitrogens with one attached hydrogen (secondary N) is 4. The van der Waals surface area contributed by atoms with E-state index in [0.29, 0.717) is 11.5 Å². The molecule has 0 aromatic carbocycles. The van der Waals surface area contributed by atoms with Gasteiger partial charge in [0.15, 0.2) is 17.3 Å². The van der Waals surface area contributed by atoms with Crippen LogP contribution in [0.2, 0.25) is 0 Å². The molecule has 1 aliphatic heterocycles. The van der Waals surface area contributed by atoms with E-state index in [0.717, 1.165) is 18.5 Å². The number of aromatic nitrogens is 4. The first kappa shape index (κ1) is 22.9. The van der Waals surface area contributed by atoms with Crippen LogP contribution in [0.3, 0.4) is 0 Å². The molecule has 2 aromatic rings. The van der Waals surface area contributed by atoms with Crippen LogP contribution in [-0.4, -0.2) is 50.6 Å². The highest BCUT2D eigenvalue weighted by atomic mass is 16.6. The molecule has 1 atom stereocenters. The number of imidazole rings is 1. The summed E-state index contributed by atoms with van der Waals surface area (Å²) in [6, 6.07) is -0.547. The van der Waals surface area contributed by atoms with Crippen molar-refractivity contribution in [2.45, 2.75) is 52.0 Å². The van der Waals surface area contributed by atoms with E-state index in [-0.39, 0.29) is 29.7 Å². The van der Waals surface area contributed by atoms with Crippen molar-refractivity contribution in [3.63, 3.8) is 0 Å². The first-order valence-electron chi connectivity index (χ1n) is 10.6. The molecule has 3 heterocycles. The summed E-state index contributed by atoms with van der Waals surface area (Å²) in [4.78, 5) is 44.8. The number of fused-ring (bicyclic) bond motifs is 1. The molecule has 1 unspecified atom stereocenters. The molecule has 2 aromatic heterocycles. The van der Waals surface area contributed by atoms with Gasteiger partial charge < -0.3 is 25.8 Å². The number of aryl methyl sites for hydroxylation is 1. The zero-order valence-corrected chi connectivity index (χ0v) is 18.3. The van der Waals surface area contributed by atoms with E-state index in [2.05, 4.69) is 54.5 Å². The summed E-state index contributed by atoms with van der Waals surface area (Å²) in [7, 11) is 0. The summed E-state index contributed by atoms with van der Waals surface area (Å²) in [5.74, 6) is 0.380. The third-order valence-electron chi connectivity index (χ3n) is 4.87. The fourth-order valence-corrected chi connectivity index (χ4v) is 3.04. The fourth-order valence-electron chi connectivity index (χ4n) is 3.04. The predicted molar refractivity (Wildman–Crippen MR) is 120 cm³/mol. The SMILES string of the molecule is C=C(O/N=C/c1ncc(CCCCCC)[nH]1)C(C)NC(=O)c1ncnc2c1NCC(=O)N2. The molecule has 3 rings (SSSR count). The smallest absolute Gasteiger partial charge is 0.272 e. The highest BCUT2D eigenvalue weighted by Crippen LogP contribution is 2.24. The lowest BCUT2D eigenvalue weighted by Crippen LogP contribution is -2.36. The van der Waals surface area contributed by atoms with Crippen molar-refractivity contribution in [1.29, 1.82) is 0 Å². The Bertz CT molecular complexity index is 1000. The highest BCUT2D eigenvalue weighted by Gasteiger charge is 2.24. The number of hydrogen-bond donors (Lipinski definition) is 4. The average Bonchev–Trinajstić information content (AvgIpc) is 3.23. The lowest BCUT2D eigenvalue weighted by Gasteiger charge is -2.20. The van der Waals surface area contributed by atoms with E-state index >= 15 is 0 Å². The molecule has 170 valence electrons. The Morgan fingerprint density at radius 1 is 1.34 bits per heavy atom. The van der Waals surface area contributed by atoms with Crippen LogP contribution >= 0.6 is 0 Å². The highest BCUT2D eigenvalue weighted by molar-refractivity contribution is 6.06. The van der Waals surface area contributed by atoms with Crippen LogP contribution in [0.5, 0.6) is 0 Å². The molecule has 4 N–H and O–H groups in total. The topological polar surface area (TPSA) is 146 Å². The number of H-pyrrole nitrogens is 1. The number of amides is 2. The molecular weight excluding hydrogens is 412 g/mol. The maximum absolute atomic E-state index is 12.6. The Morgan fingerprint density at radius 3 is 3.00 bits per heavy atom. The van der Waals surface area contributed by atoms with Gasteiger partial charge in [-0.2, -0.15) is 0 Å². The number of unbranched alkanes of at least 4 members (excludes halogenated alkanes) is 3. The number of hydrogen-bond acceptors (Lipinski definition) is 8. The maximum atomic E-state index is 12.6. The van der Waals surface area contributed by atoms with Crippen molar-refractivity contribution in [3.05, 3.63) is 42.1 Å². The van der Waals surface area contributed by atoms with Crippen LogP contribution in [0.4, 0.5) is 11.5 Å². The monoisotopic (exact) mass is 440 g/mol. The van der Waals surface area contributed by atoms with Crippen molar-refractivity contribution < 1.29 is 14.4 Å². The molecule has 0 saturated carbocycles. The molecular formula is C21H28N8O3. The van der Waals surface area contributed by atoms with Crippen molar-refractivity contribution in [3.8, 4) is 0 Å². The quantitative estimate of drug-likeness (QED) is 0.182. The van der Waals surface area contributed by atoms with Gasteiger partial charge in [-0.1, -0.05) is 37.9 Å². The summed E-state index contributed by atoms with van der Waals surface area (Å²) in [6.07, 6.45) is 10.2. The lowest BCUT2D eigenvalue weighted by atomic mass is 10.1. The standard InChI is InChI=1S/C21H28N8O3/c1-4-5-6-7-8-15-9-22-16(28-15)10-26-32-14(3)13(2)27-21(31)19-18-20(25-12-24-19)29-17(30)11-23-18/h9-10,12-13,23H,3-8,11H2,1-2H3,(H,22,28)(H,27,31)(H,24,25,29,30)/b26-10+. The van der Waals surface area contributed by atoms with E-state index in [4.69, 9.17) is 4.84 Å². The predicted octanol–water partition coefficient (Wildman–Crippen LogP) is 2.37. The Balaban J connectivity index is 1.49. The molecule has 0 aliphatic carbocycles. The van der Waals surface area contributed by atoms with Gasteiger partial charge in [-0.15, -0.1) is 0 Å². The van der Waals surface area contributed by atoms with Gasteiger partial charge in [0.25, 0.3) is 5.91 Å². The zero-order valence-electron chi connectivity index (χ0n) is 18.3. The zero-order chi connectivity index (χ0) is 22.9. The minimum absolute atomic E-state index is 0.0357. The van der Waals surface area contributed by atoms with Crippen molar-refractivity contribution in [2.24, 2.45) is 5.16 Å². The van der Waals surface area contributed by atoms with Gasteiger partial charge in [0.2, 0.25) is 5.91 Å². The summed E-state index contributed by atoms with van der Waals surface area (Å²) in [6.45, 7) is 7.74. The number of anilines is 2. The molecule has 0 radical (unpaired) electrons. The van der Waals surface area contributed by atoms with Crippen molar-refractivity contribution in [2.75, 3.05) is 17.2 Å². The van der Waals surface area contributed by atoms with Crippen LogP contribution in [0.1, 0.15) is 61.5 Å². The normalized spacial score (nSPS) is 13.8. The summed E-state index contributed by atoms with van der Waals surface area (Å²) in [5, 5.41) is 12.1. The van der Waals surface area contributed by atoms with Gasteiger partial charge in [0.05, 0.1) is 12.6 Å². The van der Waals surface area contributed by atoms with Gasteiger partial charge in [-0.3, -0.25) is 9.59 Å². The Hall–Kier alpha value is -3.76. The first-order chi connectivity index (χ1) is 15.5. The molecule has 11 heteroatoms. The van der Waals surface area contributed by atoms with Gasteiger partial charge in [-0.25, -0.2) is 15.0 Å². The molecule has 32 heavy (non-hydrogen) atoms. The number of rotatable bonds is 11. The summed E-state index contributed by atoms with van der Waals surface area (Å²) < 4.78 is 0. The summed E-state index contributed by atoms with van der Waals surface area (Å²) >= 11 is 0. The third kappa shape index (κ3) is 6.13. The molecule has 2 amide bonds. The van der Waals surface area contributed by atoms with Gasteiger partial charge >= 0.3 is 0 Å². The Morgan fingerprint density at radius 2 is 2.19 bits per heavy atom. The minimum atomic E-state index is -0.547. The lowest BCUT2D eigenvalue weighted by molar-refractivity contribution is -0.114. The van der Waals surface area contributed by atoms with E-state index in [1.54, 1.807) is 13.1 Å². The molecule has 0 bridgehead atoms. The van der Waals surface area contributed by atoms with Crippen LogP contribution in [0.15, 0.2) is 30.0 Å². The molecule has 0 fully saturated rings. The number of carbonyl (C=O) groups is 2. The second kappa shape index (κ2) is 11.0. The van der Waals surface area contributed by atoms with E-state index in [1.165, 1.54) is 31.8 Å². The largest absolute Gasteiger partial charge is 0.371 e. The minimum Gasteiger partial charge on any atom is -0.371 e. The second-order valence-corrected chi connectivity index (χ2v) is 7.44. The number of carbonyl (C=O) groups excluding carboxylic acids is 2. The van der Waals surface area contributed by atoms with Crippen molar-refractivity contribution in [1.82, 2.24) is 25.3 Å². The van der Waals surface area contributed by atoms with Gasteiger partial charge in [-0.05, 0) is 19.8 Å². The maximum Gasteiger partial charge on any atom is 0.272 e. The van der Waals surface area contributed by atoms with E-state index in [9.17, 15) is 9.59 Å². The summed E-state index contributed by atoms with van der Waals surface area (Å²) in [5.41, 5.74) is 1.53. The second-order valence-electron chi connectivity index (χ2n) is 7.44. The van der Waals surface area contributed by atoms with Crippen LogP contribution in [0.25, 0.3) is 0 Å². The van der Waals surface area contributed by atoms with E-state index in [1.807, 2.05) is 0 Å². The number of aromatic amines is 1. The molecule has 11 nitrogen and oxygen atoms in total. The molecule has 1 aliphatic rings. The van der Waals surface area contributed by atoms with Crippen LogP contribution in [-0.2, 0) is 16.1 Å². The third-order valence-corrected chi connectivity index (χ3v) is 4.87.